The molecule has 45 valence electrons. The molecule has 1 aliphatic carbocycles. The Kier molecular flexibility index (Phi) is 1.59. The van der Waals surface area contributed by atoms with Crippen LogP contribution in [0, 0.1) is 0 Å². The van der Waals surface area contributed by atoms with E-state index in [1.807, 2.05) is 0 Å². The SMILES string of the molecule is CC1=C(C)[C]([Fe])=CC1. The molecule has 1 aliphatic rings. The van der Waals surface area contributed by atoms with Crippen molar-refractivity contribution in [2.75, 3.05) is 0 Å². The summed E-state index contributed by atoms with van der Waals surface area (Å²) in [5, 5.41) is 0. The van der Waals surface area contributed by atoms with Gasteiger partial charge in [-0.25, -0.2) is 0 Å². The molecule has 0 atom stereocenters. The zero-order valence-corrected chi connectivity index (χ0v) is 6.24. The Balaban J connectivity index is 2.88. The molecule has 0 amide bonds. The van der Waals surface area contributed by atoms with Gasteiger partial charge >= 0.3 is 58.0 Å². The summed E-state index contributed by atoms with van der Waals surface area (Å²) in [5.74, 6) is 0. The van der Waals surface area contributed by atoms with E-state index >= 15 is 0 Å². The van der Waals surface area contributed by atoms with Crippen LogP contribution in [-0.4, -0.2) is 0 Å². The maximum absolute atomic E-state index is 3.87. The first-order valence-electron chi connectivity index (χ1n) is 2.73. The van der Waals surface area contributed by atoms with Gasteiger partial charge in [0.05, 0.1) is 0 Å². The van der Waals surface area contributed by atoms with E-state index in [9.17, 15) is 0 Å². The Morgan fingerprint density at radius 3 is 2.25 bits per heavy atom. The summed E-state index contributed by atoms with van der Waals surface area (Å²) in [4.78, 5) is 0. The van der Waals surface area contributed by atoms with Gasteiger partial charge in [0.15, 0.2) is 0 Å². The van der Waals surface area contributed by atoms with Crippen LogP contribution in [0.2, 0.25) is 0 Å². The monoisotopic (exact) mass is 149 g/mol. The van der Waals surface area contributed by atoms with Crippen LogP contribution in [0.25, 0.3) is 0 Å². The second-order valence-corrected chi connectivity index (χ2v) is 2.74. The molecule has 0 saturated heterocycles. The van der Waals surface area contributed by atoms with Crippen LogP contribution in [-0.2, 0) is 16.0 Å². The molecule has 8 heavy (non-hydrogen) atoms. The van der Waals surface area contributed by atoms with E-state index in [4.69, 9.17) is 0 Å². The van der Waals surface area contributed by atoms with Gasteiger partial charge in [0.25, 0.3) is 0 Å². The van der Waals surface area contributed by atoms with Crippen molar-refractivity contribution >= 4 is 0 Å². The van der Waals surface area contributed by atoms with Crippen molar-refractivity contribution in [3.05, 3.63) is 21.7 Å². The standard InChI is InChI=1S/C7H9.Fe/c1-6-4-3-5-7(6)2;/h3H,4H2,1-2H3;. The molecule has 0 aromatic carbocycles. The Morgan fingerprint density at radius 2 is 2.12 bits per heavy atom. The van der Waals surface area contributed by atoms with Gasteiger partial charge in [0.2, 0.25) is 0 Å². The van der Waals surface area contributed by atoms with E-state index in [2.05, 4.69) is 35.9 Å². The summed E-state index contributed by atoms with van der Waals surface area (Å²) in [7, 11) is 0. The van der Waals surface area contributed by atoms with Gasteiger partial charge in [0, 0.05) is 0 Å². The van der Waals surface area contributed by atoms with E-state index in [0.717, 1.165) is 6.42 Å². The summed E-state index contributed by atoms with van der Waals surface area (Å²) in [6.45, 7) is 4.28. The first kappa shape index (κ1) is 6.12. The molecule has 0 unspecified atom stereocenters. The van der Waals surface area contributed by atoms with Crippen LogP contribution >= 0.6 is 0 Å². The van der Waals surface area contributed by atoms with Crippen molar-refractivity contribution in [1.82, 2.24) is 0 Å². The molecule has 0 bridgehead atoms. The Morgan fingerprint density at radius 1 is 1.50 bits per heavy atom. The van der Waals surface area contributed by atoms with Gasteiger partial charge in [-0.1, -0.05) is 0 Å². The van der Waals surface area contributed by atoms with Gasteiger partial charge in [-0.15, -0.1) is 0 Å². The predicted molar refractivity (Wildman–Crippen MR) is 31.1 cm³/mol. The summed E-state index contributed by atoms with van der Waals surface area (Å²) in [6.07, 6.45) is 3.29. The summed E-state index contributed by atoms with van der Waals surface area (Å²) >= 11 is 3.87. The van der Waals surface area contributed by atoms with E-state index in [1.165, 1.54) is 15.6 Å². The third-order valence-corrected chi connectivity index (χ3v) is 2.21. The fraction of sp³-hybridized carbons (Fsp3) is 0.429. The van der Waals surface area contributed by atoms with Gasteiger partial charge < -0.3 is 0 Å². The van der Waals surface area contributed by atoms with Gasteiger partial charge in [0.1, 0.15) is 0 Å². The van der Waals surface area contributed by atoms with Crippen molar-refractivity contribution in [3.8, 4) is 0 Å². The summed E-state index contributed by atoms with van der Waals surface area (Å²) in [5.41, 5.74) is 2.85. The molecular formula is C7H9Fe. The van der Waals surface area contributed by atoms with Crippen molar-refractivity contribution in [2.45, 2.75) is 20.3 Å². The van der Waals surface area contributed by atoms with E-state index in [-0.39, 0.29) is 0 Å². The third-order valence-electron chi connectivity index (χ3n) is 1.57. The second kappa shape index (κ2) is 2.08. The summed E-state index contributed by atoms with van der Waals surface area (Å²) < 4.78 is 1.21. The zero-order valence-electron chi connectivity index (χ0n) is 5.14. The Bertz CT molecular complexity index is 158. The predicted octanol–water partition coefficient (Wildman–Crippen LogP) is 2.16. The molecule has 1 rings (SSSR count). The maximum atomic E-state index is 3.87. The fourth-order valence-electron chi connectivity index (χ4n) is 0.745. The minimum absolute atomic E-state index is 1.12. The second-order valence-electron chi connectivity index (χ2n) is 2.15. The molecular weight excluding hydrogens is 140 g/mol. The molecule has 0 saturated carbocycles. The van der Waals surface area contributed by atoms with Crippen LogP contribution in [0.3, 0.4) is 0 Å². The van der Waals surface area contributed by atoms with Gasteiger partial charge in [-0.05, 0) is 0 Å². The topological polar surface area (TPSA) is 0 Å². The van der Waals surface area contributed by atoms with Crippen molar-refractivity contribution in [3.63, 3.8) is 0 Å². The van der Waals surface area contributed by atoms with Gasteiger partial charge in [-0.2, -0.15) is 0 Å². The number of hydrogen-bond donors (Lipinski definition) is 0. The van der Waals surface area contributed by atoms with Crippen molar-refractivity contribution in [2.24, 2.45) is 0 Å². The first-order chi connectivity index (χ1) is 3.72. The van der Waals surface area contributed by atoms with Gasteiger partial charge in [-0.3, -0.25) is 0 Å². The average molecular weight is 149 g/mol. The van der Waals surface area contributed by atoms with Crippen LogP contribution in [0.4, 0.5) is 0 Å². The molecule has 0 aromatic rings. The Labute approximate surface area is 58.5 Å². The molecule has 0 nitrogen and oxygen atoms in total. The van der Waals surface area contributed by atoms with E-state index in [1.54, 1.807) is 0 Å². The molecule has 0 aliphatic heterocycles. The van der Waals surface area contributed by atoms with Crippen LogP contribution in [0.1, 0.15) is 20.3 Å². The molecule has 0 spiro atoms. The molecule has 0 radical (unpaired) electrons. The number of allylic oxidation sites excluding steroid dienone is 4. The molecule has 0 aromatic heterocycles. The molecule has 1 heteroatoms. The van der Waals surface area contributed by atoms with Crippen LogP contribution in [0.15, 0.2) is 21.7 Å². The number of rotatable bonds is 0. The molecule has 0 heterocycles. The molecule has 0 fully saturated rings. The average Bonchev–Trinajstić information content (AvgIpc) is 1.98. The zero-order chi connectivity index (χ0) is 6.15. The normalized spacial score (nSPS) is 19.6. The van der Waals surface area contributed by atoms with Crippen LogP contribution < -0.4 is 0 Å². The van der Waals surface area contributed by atoms with E-state index < -0.39 is 0 Å². The fourth-order valence-corrected chi connectivity index (χ4v) is 1.09. The molecule has 0 N–H and O–H groups in total. The quantitative estimate of drug-likeness (QED) is 0.463. The van der Waals surface area contributed by atoms with Crippen molar-refractivity contribution < 1.29 is 16.0 Å². The minimum atomic E-state index is 1.12. The van der Waals surface area contributed by atoms with E-state index in [0.29, 0.717) is 0 Å². The Hall–Kier alpha value is -0.000519. The van der Waals surface area contributed by atoms with Crippen LogP contribution in [0.5, 0.6) is 0 Å². The number of hydrogen-bond acceptors (Lipinski definition) is 0. The first-order valence-corrected chi connectivity index (χ1v) is 3.28. The van der Waals surface area contributed by atoms with Crippen molar-refractivity contribution in [1.29, 1.82) is 0 Å². The third kappa shape index (κ3) is 0.887. The summed E-state index contributed by atoms with van der Waals surface area (Å²) in [6, 6.07) is 0.